The van der Waals surface area contributed by atoms with E-state index in [2.05, 4.69) is 16.4 Å². The quantitative estimate of drug-likeness (QED) is 0.849. The van der Waals surface area contributed by atoms with E-state index in [0.29, 0.717) is 11.4 Å². The molecule has 2 rings (SSSR count). The summed E-state index contributed by atoms with van der Waals surface area (Å²) in [5.74, 6) is 0.696. The van der Waals surface area contributed by atoms with Crippen LogP contribution in [0.5, 0.6) is 0 Å². The van der Waals surface area contributed by atoms with Gasteiger partial charge in [-0.2, -0.15) is 5.26 Å². The minimum atomic E-state index is 0.605. The topological polar surface area (TPSA) is 48.7 Å². The Balaban J connectivity index is 2.35. The van der Waals surface area contributed by atoms with Gasteiger partial charge in [0, 0.05) is 11.9 Å². The molecule has 0 unspecified atom stereocenters. The van der Waals surface area contributed by atoms with E-state index < -0.39 is 0 Å². The number of nitriles is 1. The van der Waals surface area contributed by atoms with Crippen molar-refractivity contribution in [1.82, 2.24) is 4.98 Å². The van der Waals surface area contributed by atoms with E-state index in [9.17, 15) is 0 Å². The molecule has 0 amide bonds. The van der Waals surface area contributed by atoms with Gasteiger partial charge in [0.05, 0.1) is 11.6 Å². The van der Waals surface area contributed by atoms with Gasteiger partial charge < -0.3 is 5.32 Å². The molecule has 0 aliphatic rings. The zero-order chi connectivity index (χ0) is 12.3. The Hall–Kier alpha value is -2.34. The summed E-state index contributed by atoms with van der Waals surface area (Å²) in [5.41, 5.74) is 3.98. The molecule has 0 aliphatic carbocycles. The van der Waals surface area contributed by atoms with Crippen LogP contribution in [0.4, 0.5) is 11.5 Å². The standard InChI is InChI=1S/C14H13N3/c1-10-4-3-5-11(2)14(10)17-13-8-12(9-15)6-7-16-13/h3-8H,1-2H3,(H,16,17). The third kappa shape index (κ3) is 2.43. The fraction of sp³-hybridized carbons (Fsp3) is 0.143. The molecule has 0 bridgehead atoms. The zero-order valence-electron chi connectivity index (χ0n) is 9.86. The van der Waals surface area contributed by atoms with Crippen LogP contribution in [-0.2, 0) is 0 Å². The maximum absolute atomic E-state index is 8.83. The van der Waals surface area contributed by atoms with Crippen LogP contribution in [0.15, 0.2) is 36.5 Å². The number of benzene rings is 1. The summed E-state index contributed by atoms with van der Waals surface area (Å²) in [7, 11) is 0. The number of para-hydroxylation sites is 1. The Morgan fingerprint density at radius 2 is 1.88 bits per heavy atom. The van der Waals surface area contributed by atoms with Crippen molar-refractivity contribution in [3.8, 4) is 6.07 Å². The van der Waals surface area contributed by atoms with E-state index in [0.717, 1.165) is 16.8 Å². The first-order valence-electron chi connectivity index (χ1n) is 5.40. The fourth-order valence-electron chi connectivity index (χ4n) is 1.71. The van der Waals surface area contributed by atoms with Gasteiger partial charge in [-0.15, -0.1) is 0 Å². The molecule has 0 aliphatic heterocycles. The molecule has 0 fully saturated rings. The number of anilines is 2. The summed E-state index contributed by atoms with van der Waals surface area (Å²) in [4.78, 5) is 4.20. The molecular weight excluding hydrogens is 210 g/mol. The summed E-state index contributed by atoms with van der Waals surface area (Å²) in [6.45, 7) is 4.09. The lowest BCUT2D eigenvalue weighted by Gasteiger charge is -2.11. The highest BCUT2D eigenvalue weighted by atomic mass is 15.0. The van der Waals surface area contributed by atoms with Gasteiger partial charge in [-0.3, -0.25) is 0 Å². The first kappa shape index (κ1) is 11.2. The number of aromatic nitrogens is 1. The van der Waals surface area contributed by atoms with E-state index in [4.69, 9.17) is 5.26 Å². The third-order valence-electron chi connectivity index (χ3n) is 2.62. The first-order valence-corrected chi connectivity index (χ1v) is 5.40. The van der Waals surface area contributed by atoms with E-state index in [1.807, 2.05) is 32.0 Å². The van der Waals surface area contributed by atoms with Crippen molar-refractivity contribution in [3.05, 3.63) is 53.2 Å². The third-order valence-corrected chi connectivity index (χ3v) is 2.62. The number of pyridine rings is 1. The van der Waals surface area contributed by atoms with Crippen molar-refractivity contribution in [2.75, 3.05) is 5.32 Å². The normalized spacial score (nSPS) is 9.71. The summed E-state index contributed by atoms with van der Waals surface area (Å²) in [5, 5.41) is 12.1. The molecule has 17 heavy (non-hydrogen) atoms. The van der Waals surface area contributed by atoms with Crippen LogP contribution < -0.4 is 5.32 Å². The van der Waals surface area contributed by atoms with Gasteiger partial charge >= 0.3 is 0 Å². The van der Waals surface area contributed by atoms with Crippen molar-refractivity contribution in [3.63, 3.8) is 0 Å². The molecule has 3 nitrogen and oxygen atoms in total. The second-order valence-corrected chi connectivity index (χ2v) is 3.93. The number of hydrogen-bond acceptors (Lipinski definition) is 3. The highest BCUT2D eigenvalue weighted by Crippen LogP contribution is 2.23. The molecule has 0 saturated heterocycles. The second kappa shape index (κ2) is 4.67. The van der Waals surface area contributed by atoms with Crippen LogP contribution in [0.2, 0.25) is 0 Å². The number of nitrogens with one attached hydrogen (secondary N) is 1. The molecule has 0 spiro atoms. The van der Waals surface area contributed by atoms with Crippen molar-refractivity contribution >= 4 is 11.5 Å². The van der Waals surface area contributed by atoms with Crippen molar-refractivity contribution in [1.29, 1.82) is 5.26 Å². The van der Waals surface area contributed by atoms with Crippen molar-refractivity contribution in [2.24, 2.45) is 0 Å². The maximum atomic E-state index is 8.83. The van der Waals surface area contributed by atoms with Gasteiger partial charge in [0.2, 0.25) is 0 Å². The summed E-state index contributed by atoms with van der Waals surface area (Å²) >= 11 is 0. The van der Waals surface area contributed by atoms with Crippen molar-refractivity contribution in [2.45, 2.75) is 13.8 Å². The molecule has 1 heterocycles. The Morgan fingerprint density at radius 1 is 1.18 bits per heavy atom. The van der Waals surface area contributed by atoms with Crippen molar-refractivity contribution < 1.29 is 0 Å². The molecule has 0 radical (unpaired) electrons. The molecular formula is C14H13N3. The monoisotopic (exact) mass is 223 g/mol. The fourth-order valence-corrected chi connectivity index (χ4v) is 1.71. The summed E-state index contributed by atoms with van der Waals surface area (Å²) < 4.78 is 0. The average molecular weight is 223 g/mol. The lowest BCUT2D eigenvalue weighted by molar-refractivity contribution is 1.27. The van der Waals surface area contributed by atoms with Crippen LogP contribution in [-0.4, -0.2) is 4.98 Å². The Bertz CT molecular complexity index is 562. The lowest BCUT2D eigenvalue weighted by atomic mass is 10.1. The molecule has 3 heteroatoms. The molecule has 84 valence electrons. The summed E-state index contributed by atoms with van der Waals surface area (Å²) in [6, 6.07) is 11.6. The number of aryl methyl sites for hydroxylation is 2. The summed E-state index contributed by atoms with van der Waals surface area (Å²) in [6.07, 6.45) is 1.63. The molecule has 0 atom stereocenters. The van der Waals surface area contributed by atoms with Gasteiger partial charge in [-0.25, -0.2) is 4.98 Å². The van der Waals surface area contributed by atoms with Crippen LogP contribution in [0, 0.1) is 25.2 Å². The Kier molecular flexibility index (Phi) is 3.06. The number of hydrogen-bond donors (Lipinski definition) is 1. The largest absolute Gasteiger partial charge is 0.340 e. The Morgan fingerprint density at radius 3 is 2.53 bits per heavy atom. The molecule has 0 saturated carbocycles. The highest BCUT2D eigenvalue weighted by Gasteiger charge is 2.03. The Labute approximate surface area is 101 Å². The van der Waals surface area contributed by atoms with Gasteiger partial charge in [0.1, 0.15) is 5.82 Å². The maximum Gasteiger partial charge on any atom is 0.131 e. The smallest absolute Gasteiger partial charge is 0.131 e. The molecule has 1 aromatic heterocycles. The van der Waals surface area contributed by atoms with E-state index in [1.165, 1.54) is 0 Å². The predicted octanol–water partition coefficient (Wildman–Crippen LogP) is 3.31. The predicted molar refractivity (Wildman–Crippen MR) is 68.2 cm³/mol. The average Bonchev–Trinajstić information content (AvgIpc) is 2.34. The van der Waals surface area contributed by atoms with E-state index in [1.54, 1.807) is 18.3 Å². The number of rotatable bonds is 2. The lowest BCUT2D eigenvalue weighted by Crippen LogP contribution is -1.98. The SMILES string of the molecule is Cc1cccc(C)c1Nc1cc(C#N)ccn1. The highest BCUT2D eigenvalue weighted by molar-refractivity contribution is 5.64. The second-order valence-electron chi connectivity index (χ2n) is 3.93. The minimum Gasteiger partial charge on any atom is -0.340 e. The van der Waals surface area contributed by atoms with E-state index in [-0.39, 0.29) is 0 Å². The molecule has 1 aromatic carbocycles. The number of nitrogens with zero attached hydrogens (tertiary/aromatic N) is 2. The molecule has 1 N–H and O–H groups in total. The minimum absolute atomic E-state index is 0.605. The van der Waals surface area contributed by atoms with Gasteiger partial charge in [-0.05, 0) is 37.1 Å². The van der Waals surface area contributed by atoms with Gasteiger partial charge in [-0.1, -0.05) is 18.2 Å². The van der Waals surface area contributed by atoms with Gasteiger partial charge in [0.25, 0.3) is 0 Å². The zero-order valence-corrected chi connectivity index (χ0v) is 9.86. The van der Waals surface area contributed by atoms with Crippen LogP contribution in [0.3, 0.4) is 0 Å². The van der Waals surface area contributed by atoms with Crippen LogP contribution >= 0.6 is 0 Å². The molecule has 2 aromatic rings. The first-order chi connectivity index (χ1) is 8.20. The van der Waals surface area contributed by atoms with E-state index >= 15 is 0 Å². The van der Waals surface area contributed by atoms with Gasteiger partial charge in [0.15, 0.2) is 0 Å². The van der Waals surface area contributed by atoms with Crippen LogP contribution in [0.25, 0.3) is 0 Å². The van der Waals surface area contributed by atoms with Crippen LogP contribution in [0.1, 0.15) is 16.7 Å².